The molecule has 0 unspecified atom stereocenters. The van der Waals surface area contributed by atoms with Crippen LogP contribution >= 0.6 is 35.0 Å². The molecular weight excluding hydrogens is 436 g/mol. The van der Waals surface area contributed by atoms with Crippen LogP contribution in [0.3, 0.4) is 0 Å². The van der Waals surface area contributed by atoms with Gasteiger partial charge in [0.2, 0.25) is 0 Å². The minimum Gasteiger partial charge on any atom is -0.457 e. The number of imide groups is 1. The van der Waals surface area contributed by atoms with Gasteiger partial charge in [-0.25, -0.2) is 4.39 Å². The summed E-state index contributed by atoms with van der Waals surface area (Å²) in [6.07, 6.45) is 1.51. The van der Waals surface area contributed by atoms with Crippen LogP contribution < -0.4 is 0 Å². The summed E-state index contributed by atoms with van der Waals surface area (Å²) in [6, 6.07) is 14.2. The lowest BCUT2D eigenvalue weighted by atomic mass is 10.2. The summed E-state index contributed by atoms with van der Waals surface area (Å²) >= 11 is 13.1. The molecule has 29 heavy (non-hydrogen) atoms. The quantitative estimate of drug-likeness (QED) is 0.421. The highest BCUT2D eigenvalue weighted by Gasteiger charge is 2.35. The van der Waals surface area contributed by atoms with Gasteiger partial charge in [-0.15, -0.1) is 0 Å². The van der Waals surface area contributed by atoms with E-state index in [9.17, 15) is 14.0 Å². The zero-order valence-corrected chi connectivity index (χ0v) is 17.0. The van der Waals surface area contributed by atoms with E-state index >= 15 is 0 Å². The van der Waals surface area contributed by atoms with Crippen LogP contribution in [0.5, 0.6) is 0 Å². The molecule has 3 aromatic rings. The average molecular weight is 448 g/mol. The van der Waals surface area contributed by atoms with E-state index in [1.165, 1.54) is 30.3 Å². The van der Waals surface area contributed by atoms with Crippen molar-refractivity contribution in [3.63, 3.8) is 0 Å². The molecular formula is C21H12Cl2FNO3S. The molecule has 0 radical (unpaired) electrons. The minimum absolute atomic E-state index is 0.0732. The number of hydrogen-bond acceptors (Lipinski definition) is 4. The third-order valence-electron chi connectivity index (χ3n) is 4.24. The lowest BCUT2D eigenvalue weighted by Gasteiger charge is -2.12. The lowest BCUT2D eigenvalue weighted by Crippen LogP contribution is -2.27. The molecule has 2 heterocycles. The fourth-order valence-corrected chi connectivity index (χ4v) is 4.02. The number of halogens is 3. The molecule has 1 saturated heterocycles. The van der Waals surface area contributed by atoms with Crippen molar-refractivity contribution in [2.75, 3.05) is 0 Å². The van der Waals surface area contributed by atoms with E-state index in [0.29, 0.717) is 32.7 Å². The molecule has 1 aliphatic heterocycles. The summed E-state index contributed by atoms with van der Waals surface area (Å²) in [5.41, 5.74) is 1.29. The summed E-state index contributed by atoms with van der Waals surface area (Å²) in [7, 11) is 0. The predicted octanol–water partition coefficient (Wildman–Crippen LogP) is 6.63. The molecule has 1 aromatic heterocycles. The van der Waals surface area contributed by atoms with Gasteiger partial charge in [0.15, 0.2) is 0 Å². The molecule has 2 amide bonds. The summed E-state index contributed by atoms with van der Waals surface area (Å²) in [4.78, 5) is 26.2. The van der Waals surface area contributed by atoms with Crippen molar-refractivity contribution in [3.05, 3.63) is 86.7 Å². The molecule has 0 spiro atoms. The number of benzene rings is 2. The maximum absolute atomic E-state index is 13.0. The Bertz CT molecular complexity index is 1140. The first-order chi connectivity index (χ1) is 13.9. The van der Waals surface area contributed by atoms with Gasteiger partial charge in [0.1, 0.15) is 17.3 Å². The van der Waals surface area contributed by atoms with E-state index < -0.39 is 11.1 Å². The Kier molecular flexibility index (Phi) is 5.50. The zero-order chi connectivity index (χ0) is 20.5. The van der Waals surface area contributed by atoms with Crippen molar-refractivity contribution in [3.8, 4) is 11.3 Å². The number of amides is 2. The molecule has 0 N–H and O–H groups in total. The lowest BCUT2D eigenvalue weighted by molar-refractivity contribution is -0.123. The van der Waals surface area contributed by atoms with Crippen LogP contribution in [0.4, 0.5) is 9.18 Å². The Balaban J connectivity index is 1.55. The van der Waals surface area contributed by atoms with E-state index in [0.717, 1.165) is 16.7 Å². The monoisotopic (exact) mass is 447 g/mol. The van der Waals surface area contributed by atoms with E-state index in [1.54, 1.807) is 30.3 Å². The van der Waals surface area contributed by atoms with Crippen LogP contribution in [0.2, 0.25) is 10.0 Å². The topological polar surface area (TPSA) is 50.5 Å². The maximum atomic E-state index is 13.0. The molecule has 0 bridgehead atoms. The highest BCUT2D eigenvalue weighted by molar-refractivity contribution is 8.18. The minimum atomic E-state index is -0.428. The highest BCUT2D eigenvalue weighted by Crippen LogP contribution is 2.37. The molecule has 0 atom stereocenters. The summed E-state index contributed by atoms with van der Waals surface area (Å²) in [5.74, 6) is 0.0943. The Hall–Kier alpha value is -2.54. The second-order valence-electron chi connectivity index (χ2n) is 6.20. The maximum Gasteiger partial charge on any atom is 0.293 e. The van der Waals surface area contributed by atoms with Gasteiger partial charge in [-0.1, -0.05) is 41.4 Å². The molecule has 0 saturated carbocycles. The van der Waals surface area contributed by atoms with Crippen LogP contribution in [0.25, 0.3) is 17.4 Å². The average Bonchev–Trinajstić information content (AvgIpc) is 3.26. The standard InChI is InChI=1S/C21H12Cl2FNO3S/c22-16-3-1-2-15(19(16)23)17-9-8-14(28-17)10-18-20(26)25(21(27)29-18)11-12-4-6-13(24)7-5-12/h1-10H,11H2/b18-10+. The normalized spacial score (nSPS) is 15.6. The van der Waals surface area contributed by atoms with Crippen molar-refractivity contribution >= 4 is 52.2 Å². The SMILES string of the molecule is O=C1S/C(=C/c2ccc(-c3cccc(Cl)c3Cl)o2)C(=O)N1Cc1ccc(F)cc1. The third kappa shape index (κ3) is 4.10. The smallest absolute Gasteiger partial charge is 0.293 e. The fraction of sp³-hybridized carbons (Fsp3) is 0.0476. The highest BCUT2D eigenvalue weighted by atomic mass is 35.5. The number of nitrogens with zero attached hydrogens (tertiary/aromatic N) is 1. The van der Waals surface area contributed by atoms with Gasteiger partial charge in [0, 0.05) is 11.6 Å². The van der Waals surface area contributed by atoms with Crippen LogP contribution in [0.15, 0.2) is 63.9 Å². The van der Waals surface area contributed by atoms with Crippen LogP contribution in [0, 0.1) is 5.82 Å². The Morgan fingerprint density at radius 3 is 2.55 bits per heavy atom. The molecule has 1 aliphatic rings. The van der Waals surface area contributed by atoms with Crippen molar-refractivity contribution in [1.82, 2.24) is 4.90 Å². The van der Waals surface area contributed by atoms with E-state index in [-0.39, 0.29) is 17.3 Å². The molecule has 146 valence electrons. The molecule has 8 heteroatoms. The number of carbonyl (C=O) groups excluding carboxylic acids is 2. The fourth-order valence-electron chi connectivity index (χ4n) is 2.81. The Labute approximate surface area is 179 Å². The van der Waals surface area contributed by atoms with Gasteiger partial charge in [-0.3, -0.25) is 14.5 Å². The van der Waals surface area contributed by atoms with Crippen molar-refractivity contribution < 1.29 is 18.4 Å². The number of carbonyl (C=O) groups is 2. The van der Waals surface area contributed by atoms with Gasteiger partial charge in [0.25, 0.3) is 11.1 Å². The second-order valence-corrected chi connectivity index (χ2v) is 7.98. The van der Waals surface area contributed by atoms with Gasteiger partial charge < -0.3 is 4.42 Å². The van der Waals surface area contributed by atoms with E-state index in [4.69, 9.17) is 27.6 Å². The number of thioether (sulfide) groups is 1. The molecule has 4 nitrogen and oxygen atoms in total. The second kappa shape index (κ2) is 8.06. The summed E-state index contributed by atoms with van der Waals surface area (Å²) in [5, 5.41) is 0.383. The first-order valence-electron chi connectivity index (χ1n) is 8.46. The van der Waals surface area contributed by atoms with E-state index in [2.05, 4.69) is 0 Å². The van der Waals surface area contributed by atoms with Gasteiger partial charge in [0.05, 0.1) is 21.5 Å². The summed E-state index contributed by atoms with van der Waals surface area (Å²) in [6.45, 7) is 0.0732. The van der Waals surface area contributed by atoms with Crippen LogP contribution in [-0.2, 0) is 11.3 Å². The first kappa shape index (κ1) is 19.8. The number of rotatable bonds is 4. The number of hydrogen-bond donors (Lipinski definition) is 0. The van der Waals surface area contributed by atoms with E-state index in [1.807, 2.05) is 0 Å². The summed E-state index contributed by atoms with van der Waals surface area (Å²) < 4.78 is 18.8. The molecule has 4 rings (SSSR count). The number of furan rings is 1. The Morgan fingerprint density at radius 2 is 1.79 bits per heavy atom. The van der Waals surface area contributed by atoms with Crippen molar-refractivity contribution in [2.45, 2.75) is 6.54 Å². The molecule has 0 aliphatic carbocycles. The molecule has 2 aromatic carbocycles. The largest absolute Gasteiger partial charge is 0.457 e. The van der Waals surface area contributed by atoms with Gasteiger partial charge >= 0.3 is 0 Å². The van der Waals surface area contributed by atoms with Crippen LogP contribution in [0.1, 0.15) is 11.3 Å². The van der Waals surface area contributed by atoms with Crippen molar-refractivity contribution in [2.24, 2.45) is 0 Å². The van der Waals surface area contributed by atoms with Crippen LogP contribution in [-0.4, -0.2) is 16.0 Å². The van der Waals surface area contributed by atoms with Crippen molar-refractivity contribution in [1.29, 1.82) is 0 Å². The van der Waals surface area contributed by atoms with Gasteiger partial charge in [-0.05, 0) is 53.7 Å². The Morgan fingerprint density at radius 1 is 1.03 bits per heavy atom. The molecule has 1 fully saturated rings. The van der Waals surface area contributed by atoms with Gasteiger partial charge in [-0.2, -0.15) is 0 Å². The first-order valence-corrected chi connectivity index (χ1v) is 10.0. The third-order valence-corrected chi connectivity index (χ3v) is 5.97. The predicted molar refractivity (Wildman–Crippen MR) is 112 cm³/mol. The zero-order valence-electron chi connectivity index (χ0n) is 14.7.